The molecule has 1 N–H and O–H groups in total. The Bertz CT molecular complexity index is 459. The third-order valence-electron chi connectivity index (χ3n) is 4.10. The van der Waals surface area contributed by atoms with Crippen molar-refractivity contribution in [1.82, 2.24) is 10.2 Å². The first-order valence-corrected chi connectivity index (χ1v) is 7.79. The monoisotopic (exact) mass is 290 g/mol. The van der Waals surface area contributed by atoms with Crippen molar-refractivity contribution in [2.24, 2.45) is 5.92 Å². The van der Waals surface area contributed by atoms with Crippen LogP contribution in [0.5, 0.6) is 5.75 Å². The number of nitrogens with one attached hydrogen (secondary N) is 1. The third-order valence-corrected chi connectivity index (χ3v) is 4.10. The molecule has 2 rings (SSSR count). The Balaban J connectivity index is 1.71. The molecule has 0 unspecified atom stereocenters. The lowest BCUT2D eigenvalue weighted by Gasteiger charge is -2.30. The molecule has 0 spiro atoms. The standard InChI is InChI=1S/C17H26N2O2/c1-13-7-10-19(11-8-13)17(20)18-9-12-21-16-14(2)5-4-6-15(16)3/h4-6,13H,7-12H2,1-3H3,(H,18,20). The van der Waals surface area contributed by atoms with E-state index >= 15 is 0 Å². The number of carbonyl (C=O) groups is 1. The molecular weight excluding hydrogens is 264 g/mol. The fourth-order valence-electron chi connectivity index (χ4n) is 2.66. The lowest BCUT2D eigenvalue weighted by atomic mass is 10.00. The summed E-state index contributed by atoms with van der Waals surface area (Å²) in [6.07, 6.45) is 2.21. The van der Waals surface area contributed by atoms with Crippen molar-refractivity contribution in [2.45, 2.75) is 33.6 Å². The van der Waals surface area contributed by atoms with E-state index in [1.807, 2.05) is 36.9 Å². The molecule has 1 aromatic carbocycles. The molecule has 0 aromatic heterocycles. The Morgan fingerprint density at radius 2 is 1.90 bits per heavy atom. The highest BCUT2D eigenvalue weighted by molar-refractivity contribution is 5.74. The van der Waals surface area contributed by atoms with E-state index in [9.17, 15) is 4.79 Å². The molecule has 21 heavy (non-hydrogen) atoms. The van der Waals surface area contributed by atoms with Crippen LogP contribution in [0, 0.1) is 19.8 Å². The van der Waals surface area contributed by atoms with Crippen LogP contribution >= 0.6 is 0 Å². The van der Waals surface area contributed by atoms with E-state index in [4.69, 9.17) is 4.74 Å². The number of carbonyl (C=O) groups excluding carboxylic acids is 1. The minimum Gasteiger partial charge on any atom is -0.491 e. The number of hydrogen-bond donors (Lipinski definition) is 1. The lowest BCUT2D eigenvalue weighted by molar-refractivity contribution is 0.172. The minimum absolute atomic E-state index is 0.0343. The molecule has 2 amide bonds. The first-order valence-electron chi connectivity index (χ1n) is 7.79. The van der Waals surface area contributed by atoms with E-state index in [0.717, 1.165) is 48.7 Å². The molecule has 1 aliphatic rings. The van der Waals surface area contributed by atoms with Crippen molar-refractivity contribution in [3.63, 3.8) is 0 Å². The lowest BCUT2D eigenvalue weighted by Crippen LogP contribution is -2.45. The maximum absolute atomic E-state index is 12.0. The highest BCUT2D eigenvalue weighted by atomic mass is 16.5. The second kappa shape index (κ2) is 7.34. The van der Waals surface area contributed by atoms with E-state index in [-0.39, 0.29) is 6.03 Å². The van der Waals surface area contributed by atoms with Crippen LogP contribution in [0.3, 0.4) is 0 Å². The van der Waals surface area contributed by atoms with Crippen LogP contribution < -0.4 is 10.1 Å². The van der Waals surface area contributed by atoms with Gasteiger partial charge in [0.25, 0.3) is 0 Å². The third kappa shape index (κ3) is 4.38. The summed E-state index contributed by atoms with van der Waals surface area (Å²) in [5.74, 6) is 1.67. The number of rotatable bonds is 4. The number of aryl methyl sites for hydroxylation is 2. The normalized spacial score (nSPS) is 15.9. The predicted molar refractivity (Wildman–Crippen MR) is 84.8 cm³/mol. The zero-order valence-electron chi connectivity index (χ0n) is 13.3. The van der Waals surface area contributed by atoms with Crippen molar-refractivity contribution in [1.29, 1.82) is 0 Å². The van der Waals surface area contributed by atoms with Gasteiger partial charge >= 0.3 is 6.03 Å². The second-order valence-corrected chi connectivity index (χ2v) is 5.97. The van der Waals surface area contributed by atoms with Crippen LogP contribution in [0.1, 0.15) is 30.9 Å². The highest BCUT2D eigenvalue weighted by Gasteiger charge is 2.19. The Morgan fingerprint density at radius 3 is 2.52 bits per heavy atom. The molecule has 1 aromatic rings. The molecule has 4 nitrogen and oxygen atoms in total. The largest absolute Gasteiger partial charge is 0.491 e. The van der Waals surface area contributed by atoms with E-state index < -0.39 is 0 Å². The number of hydrogen-bond acceptors (Lipinski definition) is 2. The average Bonchev–Trinajstić information content (AvgIpc) is 2.46. The van der Waals surface area contributed by atoms with Crippen LogP contribution in [0.2, 0.25) is 0 Å². The summed E-state index contributed by atoms with van der Waals surface area (Å²) in [6.45, 7) is 9.09. The zero-order chi connectivity index (χ0) is 15.2. The van der Waals surface area contributed by atoms with Crippen molar-refractivity contribution < 1.29 is 9.53 Å². The first kappa shape index (κ1) is 15.7. The molecular formula is C17H26N2O2. The minimum atomic E-state index is 0.0343. The molecule has 1 saturated heterocycles. The van der Waals surface area contributed by atoms with Gasteiger partial charge in [-0.1, -0.05) is 25.1 Å². The average molecular weight is 290 g/mol. The Morgan fingerprint density at radius 1 is 1.29 bits per heavy atom. The second-order valence-electron chi connectivity index (χ2n) is 5.97. The fourth-order valence-corrected chi connectivity index (χ4v) is 2.66. The Kier molecular flexibility index (Phi) is 5.48. The first-order chi connectivity index (χ1) is 10.1. The zero-order valence-corrected chi connectivity index (χ0v) is 13.3. The van der Waals surface area contributed by atoms with Crippen molar-refractivity contribution in [3.8, 4) is 5.75 Å². The predicted octanol–water partition coefficient (Wildman–Crippen LogP) is 3.12. The number of benzene rings is 1. The number of piperidine rings is 1. The molecule has 1 fully saturated rings. The van der Waals surface area contributed by atoms with E-state index in [1.165, 1.54) is 0 Å². The van der Waals surface area contributed by atoms with Gasteiger partial charge in [0.05, 0.1) is 6.54 Å². The van der Waals surface area contributed by atoms with Crippen LogP contribution in [-0.2, 0) is 0 Å². The number of likely N-dealkylation sites (tertiary alicyclic amines) is 1. The molecule has 116 valence electrons. The summed E-state index contributed by atoms with van der Waals surface area (Å²) >= 11 is 0. The summed E-state index contributed by atoms with van der Waals surface area (Å²) in [4.78, 5) is 13.9. The van der Waals surface area contributed by atoms with Crippen LogP contribution in [0.15, 0.2) is 18.2 Å². The SMILES string of the molecule is Cc1cccc(C)c1OCCNC(=O)N1CCC(C)CC1. The molecule has 1 heterocycles. The fraction of sp³-hybridized carbons (Fsp3) is 0.588. The number of para-hydroxylation sites is 1. The summed E-state index contributed by atoms with van der Waals surface area (Å²) in [5, 5.41) is 2.94. The van der Waals surface area contributed by atoms with Gasteiger partial charge in [-0.05, 0) is 43.7 Å². The summed E-state index contributed by atoms with van der Waals surface area (Å²) in [5.41, 5.74) is 2.26. The van der Waals surface area contributed by atoms with Gasteiger partial charge in [0.15, 0.2) is 0 Å². The molecule has 1 aliphatic heterocycles. The van der Waals surface area contributed by atoms with Gasteiger partial charge < -0.3 is 15.0 Å². The summed E-state index contributed by atoms with van der Waals surface area (Å²) < 4.78 is 5.79. The van der Waals surface area contributed by atoms with Gasteiger partial charge in [-0.15, -0.1) is 0 Å². The van der Waals surface area contributed by atoms with Gasteiger partial charge in [0.1, 0.15) is 12.4 Å². The molecule has 0 saturated carbocycles. The molecule has 0 bridgehead atoms. The topological polar surface area (TPSA) is 41.6 Å². The van der Waals surface area contributed by atoms with Crippen molar-refractivity contribution >= 4 is 6.03 Å². The van der Waals surface area contributed by atoms with Gasteiger partial charge in [-0.3, -0.25) is 0 Å². The summed E-state index contributed by atoms with van der Waals surface area (Å²) in [7, 11) is 0. The smallest absolute Gasteiger partial charge is 0.317 e. The van der Waals surface area contributed by atoms with Gasteiger partial charge in [0, 0.05) is 13.1 Å². The van der Waals surface area contributed by atoms with Gasteiger partial charge in [-0.2, -0.15) is 0 Å². The highest BCUT2D eigenvalue weighted by Crippen LogP contribution is 2.22. The van der Waals surface area contributed by atoms with Crippen LogP contribution in [0.4, 0.5) is 4.79 Å². The van der Waals surface area contributed by atoms with E-state index in [2.05, 4.69) is 12.2 Å². The number of ether oxygens (including phenoxy) is 1. The van der Waals surface area contributed by atoms with Crippen LogP contribution in [-0.4, -0.2) is 37.2 Å². The maximum Gasteiger partial charge on any atom is 0.317 e. The summed E-state index contributed by atoms with van der Waals surface area (Å²) in [6, 6.07) is 6.13. The maximum atomic E-state index is 12.0. The van der Waals surface area contributed by atoms with Crippen molar-refractivity contribution in [2.75, 3.05) is 26.2 Å². The molecule has 4 heteroatoms. The Hall–Kier alpha value is -1.71. The van der Waals surface area contributed by atoms with E-state index in [1.54, 1.807) is 0 Å². The number of urea groups is 1. The van der Waals surface area contributed by atoms with E-state index in [0.29, 0.717) is 13.2 Å². The van der Waals surface area contributed by atoms with Gasteiger partial charge in [0.2, 0.25) is 0 Å². The van der Waals surface area contributed by atoms with Crippen LogP contribution in [0.25, 0.3) is 0 Å². The van der Waals surface area contributed by atoms with Crippen molar-refractivity contribution in [3.05, 3.63) is 29.3 Å². The molecule has 0 atom stereocenters. The molecule has 0 aliphatic carbocycles. The quantitative estimate of drug-likeness (QED) is 0.866. The number of nitrogens with zero attached hydrogens (tertiary/aromatic N) is 1. The number of amides is 2. The molecule has 0 radical (unpaired) electrons. The van der Waals surface area contributed by atoms with Gasteiger partial charge in [-0.25, -0.2) is 4.79 Å². The Labute approximate surface area is 127 Å².